The van der Waals surface area contributed by atoms with Crippen molar-refractivity contribution >= 4 is 28.2 Å². The van der Waals surface area contributed by atoms with Gasteiger partial charge in [-0.25, -0.2) is 4.98 Å². The van der Waals surface area contributed by atoms with Gasteiger partial charge in [-0.2, -0.15) is 0 Å². The number of pyridine rings is 1. The van der Waals surface area contributed by atoms with Crippen LogP contribution in [0.3, 0.4) is 0 Å². The molecule has 0 atom stereocenters. The van der Waals surface area contributed by atoms with Gasteiger partial charge in [0.2, 0.25) is 0 Å². The lowest BCUT2D eigenvalue weighted by Crippen LogP contribution is -2.28. The Balaban J connectivity index is 1.70. The molecule has 0 aliphatic carbocycles. The van der Waals surface area contributed by atoms with E-state index in [0.29, 0.717) is 11.1 Å². The van der Waals surface area contributed by atoms with Crippen LogP contribution in [-0.4, -0.2) is 38.9 Å². The van der Waals surface area contributed by atoms with Gasteiger partial charge in [0, 0.05) is 31.5 Å². The summed E-state index contributed by atoms with van der Waals surface area (Å²) in [7, 11) is 0. The van der Waals surface area contributed by atoms with E-state index >= 15 is 0 Å². The van der Waals surface area contributed by atoms with E-state index in [4.69, 9.17) is 0 Å². The summed E-state index contributed by atoms with van der Waals surface area (Å²) in [6.07, 6.45) is 4.24. The molecule has 0 radical (unpaired) electrons. The highest BCUT2D eigenvalue weighted by atomic mass is 16.6. The number of nitrogens with zero attached hydrogens (tertiary/aromatic N) is 3. The Morgan fingerprint density at radius 2 is 2.15 bits per heavy atom. The molecule has 3 rings (SSSR count). The van der Waals surface area contributed by atoms with E-state index in [-0.39, 0.29) is 35.8 Å². The van der Waals surface area contributed by atoms with Gasteiger partial charge in [0.05, 0.1) is 27.7 Å². The van der Waals surface area contributed by atoms with Crippen molar-refractivity contribution in [3.8, 4) is 0 Å². The third-order valence-corrected chi connectivity index (χ3v) is 3.60. The van der Waals surface area contributed by atoms with Crippen molar-refractivity contribution in [1.29, 1.82) is 0 Å². The van der Waals surface area contributed by atoms with Crippen LogP contribution in [0.15, 0.2) is 47.8 Å². The summed E-state index contributed by atoms with van der Waals surface area (Å²) in [6.45, 7) is 0.493. The van der Waals surface area contributed by atoms with E-state index in [2.05, 4.69) is 25.6 Å². The molecule has 0 saturated heterocycles. The quantitative estimate of drug-likeness (QED) is 0.341. The third-order valence-electron chi connectivity index (χ3n) is 3.60. The summed E-state index contributed by atoms with van der Waals surface area (Å²) in [5.41, 5.74) is 0.285. The van der Waals surface area contributed by atoms with Crippen LogP contribution in [0.2, 0.25) is 0 Å². The lowest BCUT2D eigenvalue weighted by Gasteiger charge is -2.09. The Hall–Kier alpha value is -3.82. The maximum Gasteiger partial charge on any atom is 0.293 e. The zero-order valence-electron chi connectivity index (χ0n) is 13.4. The Labute approximate surface area is 146 Å². The first kappa shape index (κ1) is 17.0. The standard InChI is InChI=1S/C16H14N6O4/c23-15(10-2-1-3-17-8-10)19-5-4-18-13-7-12-11(6-14(13)22(25)26)16(24)21-9-20-12/h1-3,6-9,18H,4-5H2,(H,19,23)(H,20,21,24). The van der Waals surface area contributed by atoms with Crippen LogP contribution in [0.1, 0.15) is 10.4 Å². The number of carbonyl (C=O) groups excluding carboxylic acids is 1. The van der Waals surface area contributed by atoms with Crippen LogP contribution in [-0.2, 0) is 0 Å². The second kappa shape index (κ2) is 7.38. The summed E-state index contributed by atoms with van der Waals surface area (Å²) < 4.78 is 0. The summed E-state index contributed by atoms with van der Waals surface area (Å²) in [5.74, 6) is -0.291. The van der Waals surface area contributed by atoms with Gasteiger partial charge in [0.1, 0.15) is 5.69 Å². The van der Waals surface area contributed by atoms with Crippen molar-refractivity contribution in [2.75, 3.05) is 18.4 Å². The molecule has 26 heavy (non-hydrogen) atoms. The largest absolute Gasteiger partial charge is 0.378 e. The topological polar surface area (TPSA) is 143 Å². The Bertz CT molecular complexity index is 1020. The summed E-state index contributed by atoms with van der Waals surface area (Å²) in [5, 5.41) is 17.0. The van der Waals surface area contributed by atoms with Crippen LogP contribution in [0.25, 0.3) is 10.9 Å². The van der Waals surface area contributed by atoms with Crippen molar-refractivity contribution < 1.29 is 9.72 Å². The van der Waals surface area contributed by atoms with Crippen molar-refractivity contribution in [2.24, 2.45) is 0 Å². The minimum Gasteiger partial charge on any atom is -0.378 e. The molecule has 1 aromatic carbocycles. The molecule has 0 unspecified atom stereocenters. The molecule has 0 bridgehead atoms. The van der Waals surface area contributed by atoms with E-state index in [9.17, 15) is 19.7 Å². The highest BCUT2D eigenvalue weighted by Crippen LogP contribution is 2.27. The highest BCUT2D eigenvalue weighted by molar-refractivity contribution is 5.93. The molecule has 0 saturated carbocycles. The molecule has 0 spiro atoms. The number of fused-ring (bicyclic) bond motifs is 1. The van der Waals surface area contributed by atoms with Gasteiger partial charge < -0.3 is 15.6 Å². The molecule has 0 aliphatic heterocycles. The Kier molecular flexibility index (Phi) is 4.83. The average Bonchev–Trinajstić information content (AvgIpc) is 2.65. The second-order valence-corrected chi connectivity index (χ2v) is 5.30. The van der Waals surface area contributed by atoms with Crippen molar-refractivity contribution in [2.45, 2.75) is 0 Å². The molecular weight excluding hydrogens is 340 g/mol. The first-order valence-electron chi connectivity index (χ1n) is 7.64. The minimum atomic E-state index is -0.581. The smallest absolute Gasteiger partial charge is 0.293 e. The van der Waals surface area contributed by atoms with Gasteiger partial charge in [-0.15, -0.1) is 0 Å². The highest BCUT2D eigenvalue weighted by Gasteiger charge is 2.17. The van der Waals surface area contributed by atoms with E-state index < -0.39 is 10.5 Å². The number of aromatic amines is 1. The van der Waals surface area contributed by atoms with Crippen LogP contribution in [0, 0.1) is 10.1 Å². The van der Waals surface area contributed by atoms with E-state index in [0.717, 1.165) is 0 Å². The molecule has 132 valence electrons. The lowest BCUT2D eigenvalue weighted by molar-refractivity contribution is -0.383. The number of anilines is 1. The molecule has 10 nitrogen and oxygen atoms in total. The third kappa shape index (κ3) is 3.64. The van der Waals surface area contributed by atoms with Gasteiger partial charge in [0.25, 0.3) is 17.2 Å². The monoisotopic (exact) mass is 354 g/mol. The number of rotatable bonds is 6. The summed E-state index contributed by atoms with van der Waals surface area (Å²) >= 11 is 0. The van der Waals surface area contributed by atoms with E-state index in [1.165, 1.54) is 24.7 Å². The molecule has 3 N–H and O–H groups in total. The normalized spacial score (nSPS) is 10.5. The number of benzene rings is 1. The predicted molar refractivity (Wildman–Crippen MR) is 94.1 cm³/mol. The number of aromatic nitrogens is 3. The van der Waals surface area contributed by atoms with Crippen LogP contribution >= 0.6 is 0 Å². The first-order chi connectivity index (χ1) is 12.6. The fraction of sp³-hybridized carbons (Fsp3) is 0.125. The molecular formula is C16H14N6O4. The maximum atomic E-state index is 11.9. The summed E-state index contributed by atoms with van der Waals surface area (Å²) in [6, 6.07) is 5.90. The number of H-pyrrole nitrogens is 1. The SMILES string of the molecule is O=C(NCCNc1cc2nc[nH]c(=O)c2cc1[N+](=O)[O-])c1cccnc1. The van der Waals surface area contributed by atoms with Crippen LogP contribution < -0.4 is 16.2 Å². The first-order valence-corrected chi connectivity index (χ1v) is 7.64. The zero-order chi connectivity index (χ0) is 18.5. The van der Waals surface area contributed by atoms with Gasteiger partial charge in [-0.3, -0.25) is 24.7 Å². The van der Waals surface area contributed by atoms with Crippen molar-refractivity contribution in [1.82, 2.24) is 20.3 Å². The van der Waals surface area contributed by atoms with Gasteiger partial charge in [-0.05, 0) is 18.2 Å². The molecule has 2 aromatic heterocycles. The number of nitro benzene ring substituents is 1. The molecule has 0 aliphatic rings. The number of hydrogen-bond acceptors (Lipinski definition) is 7. The van der Waals surface area contributed by atoms with Crippen LogP contribution in [0.5, 0.6) is 0 Å². The Morgan fingerprint density at radius 1 is 1.31 bits per heavy atom. The number of hydrogen-bond donors (Lipinski definition) is 3. The van der Waals surface area contributed by atoms with Gasteiger partial charge in [0.15, 0.2) is 0 Å². The van der Waals surface area contributed by atoms with Gasteiger partial charge >= 0.3 is 0 Å². The second-order valence-electron chi connectivity index (χ2n) is 5.30. The van der Waals surface area contributed by atoms with Crippen molar-refractivity contribution in [3.05, 3.63) is 69.0 Å². The molecule has 1 amide bonds. The van der Waals surface area contributed by atoms with Gasteiger partial charge in [-0.1, -0.05) is 0 Å². The molecule has 2 heterocycles. The number of nitro groups is 1. The average molecular weight is 354 g/mol. The zero-order valence-corrected chi connectivity index (χ0v) is 13.4. The summed E-state index contributed by atoms with van der Waals surface area (Å²) in [4.78, 5) is 44.6. The maximum absolute atomic E-state index is 11.9. The molecule has 3 aromatic rings. The van der Waals surface area contributed by atoms with Crippen molar-refractivity contribution in [3.63, 3.8) is 0 Å². The minimum absolute atomic E-state index is 0.134. The number of amides is 1. The molecule has 0 fully saturated rings. The fourth-order valence-corrected chi connectivity index (χ4v) is 2.37. The predicted octanol–water partition coefficient (Wildman–Crippen LogP) is 1.07. The van der Waals surface area contributed by atoms with E-state index in [1.807, 2.05) is 0 Å². The molecule has 10 heteroatoms. The number of carbonyl (C=O) groups is 1. The van der Waals surface area contributed by atoms with E-state index in [1.54, 1.807) is 18.3 Å². The lowest BCUT2D eigenvalue weighted by atomic mass is 10.2. The fourth-order valence-electron chi connectivity index (χ4n) is 2.37. The Morgan fingerprint density at radius 3 is 2.88 bits per heavy atom. The van der Waals surface area contributed by atoms with Crippen LogP contribution in [0.4, 0.5) is 11.4 Å². The number of nitrogens with one attached hydrogen (secondary N) is 3.